The highest BCUT2D eigenvalue weighted by Gasteiger charge is 2.11. The van der Waals surface area contributed by atoms with E-state index in [4.69, 9.17) is 9.47 Å². The van der Waals surface area contributed by atoms with Gasteiger partial charge in [-0.1, -0.05) is 41.4 Å². The molecule has 4 heteroatoms. The molecule has 1 N–H and O–H groups in total. The molecular formula is C17H28BrNO2. The Kier molecular flexibility index (Phi) is 10.8. The molecule has 0 amide bonds. The summed E-state index contributed by atoms with van der Waals surface area (Å²) in [5, 5.41) is 3.46. The summed E-state index contributed by atoms with van der Waals surface area (Å²) in [5.41, 5.74) is 1.36. The molecule has 1 atom stereocenters. The first-order chi connectivity index (χ1) is 10.3. The Bertz CT molecular complexity index is 356. The van der Waals surface area contributed by atoms with Crippen LogP contribution in [0.2, 0.25) is 0 Å². The number of hydrogen-bond acceptors (Lipinski definition) is 3. The van der Waals surface area contributed by atoms with E-state index in [0.717, 1.165) is 50.2 Å². The van der Waals surface area contributed by atoms with Crippen LogP contribution in [0.1, 0.15) is 37.7 Å². The zero-order chi connectivity index (χ0) is 15.3. The fraction of sp³-hybridized carbons (Fsp3) is 0.647. The maximum Gasteiger partial charge on any atom is 0.0587 e. The Morgan fingerprint density at radius 3 is 2.57 bits per heavy atom. The molecule has 0 fully saturated rings. The third kappa shape index (κ3) is 8.57. The number of benzene rings is 1. The molecule has 1 rings (SSSR count). The lowest BCUT2D eigenvalue weighted by Gasteiger charge is -2.18. The average Bonchev–Trinajstić information content (AvgIpc) is 2.50. The van der Waals surface area contributed by atoms with E-state index in [2.05, 4.69) is 52.4 Å². The summed E-state index contributed by atoms with van der Waals surface area (Å²) in [4.78, 5) is 0. The molecule has 1 unspecified atom stereocenters. The molecule has 3 nitrogen and oxygen atoms in total. The number of hydrogen-bond donors (Lipinski definition) is 1. The molecule has 21 heavy (non-hydrogen) atoms. The van der Waals surface area contributed by atoms with E-state index in [-0.39, 0.29) is 0 Å². The Balaban J connectivity index is 2.43. The van der Waals surface area contributed by atoms with Crippen LogP contribution < -0.4 is 5.32 Å². The van der Waals surface area contributed by atoms with Crippen molar-refractivity contribution in [1.82, 2.24) is 5.32 Å². The van der Waals surface area contributed by atoms with Crippen molar-refractivity contribution in [1.29, 1.82) is 0 Å². The van der Waals surface area contributed by atoms with Crippen LogP contribution in [0.15, 0.2) is 28.7 Å². The predicted molar refractivity (Wildman–Crippen MR) is 92.0 cm³/mol. The Morgan fingerprint density at radius 1 is 1.14 bits per heavy atom. The Morgan fingerprint density at radius 2 is 1.90 bits per heavy atom. The van der Waals surface area contributed by atoms with Gasteiger partial charge in [-0.05, 0) is 36.5 Å². The third-order valence-electron chi connectivity index (χ3n) is 3.47. The van der Waals surface area contributed by atoms with Gasteiger partial charge in [0.15, 0.2) is 0 Å². The Labute approximate surface area is 137 Å². The van der Waals surface area contributed by atoms with Gasteiger partial charge in [-0.3, -0.25) is 0 Å². The number of unbranched alkanes of at least 4 members (excludes halogenated alkanes) is 1. The lowest BCUT2D eigenvalue weighted by molar-refractivity contribution is 0.123. The van der Waals surface area contributed by atoms with Gasteiger partial charge in [-0.2, -0.15) is 0 Å². The maximum atomic E-state index is 5.72. The molecule has 0 saturated carbocycles. The Hall–Kier alpha value is -0.420. The molecule has 0 aliphatic heterocycles. The minimum absolute atomic E-state index is 0.483. The summed E-state index contributed by atoms with van der Waals surface area (Å²) in [6.45, 7) is 6.49. The van der Waals surface area contributed by atoms with Gasteiger partial charge in [-0.25, -0.2) is 0 Å². The van der Waals surface area contributed by atoms with Gasteiger partial charge in [-0.15, -0.1) is 0 Å². The van der Waals surface area contributed by atoms with Gasteiger partial charge in [0.05, 0.1) is 6.61 Å². The van der Waals surface area contributed by atoms with Crippen molar-refractivity contribution in [3.63, 3.8) is 0 Å². The second-order valence-corrected chi connectivity index (χ2v) is 6.12. The topological polar surface area (TPSA) is 30.5 Å². The molecule has 1 aromatic rings. The molecule has 0 heterocycles. The van der Waals surface area contributed by atoms with Crippen molar-refractivity contribution in [2.45, 2.75) is 32.1 Å². The summed E-state index contributed by atoms with van der Waals surface area (Å²) >= 11 is 3.49. The van der Waals surface area contributed by atoms with E-state index in [1.54, 1.807) is 7.11 Å². The second kappa shape index (κ2) is 12.2. The van der Waals surface area contributed by atoms with Crippen LogP contribution in [0.4, 0.5) is 0 Å². The van der Waals surface area contributed by atoms with Gasteiger partial charge < -0.3 is 14.8 Å². The van der Waals surface area contributed by atoms with Gasteiger partial charge in [0, 0.05) is 37.9 Å². The number of nitrogens with one attached hydrogen (secondary N) is 1. The SMILES string of the molecule is CCCCOCCC(CNCCOC)c1ccc(Br)cc1. The molecule has 0 aromatic heterocycles. The standard InChI is InChI=1S/C17H28BrNO2/c1-3-4-11-21-12-9-16(14-19-10-13-20-2)15-5-7-17(18)8-6-15/h5-8,16,19H,3-4,9-14H2,1-2H3. The van der Waals surface area contributed by atoms with Crippen molar-refractivity contribution in [3.8, 4) is 0 Å². The first-order valence-corrected chi connectivity index (χ1v) is 8.60. The zero-order valence-electron chi connectivity index (χ0n) is 13.2. The minimum atomic E-state index is 0.483. The highest BCUT2D eigenvalue weighted by Crippen LogP contribution is 2.21. The summed E-state index contributed by atoms with van der Waals surface area (Å²) in [6, 6.07) is 8.60. The summed E-state index contributed by atoms with van der Waals surface area (Å²) in [5.74, 6) is 0.483. The highest BCUT2D eigenvalue weighted by molar-refractivity contribution is 9.10. The molecule has 1 aromatic carbocycles. The number of ether oxygens (including phenoxy) is 2. The van der Waals surface area contributed by atoms with Crippen LogP contribution in [0.25, 0.3) is 0 Å². The monoisotopic (exact) mass is 357 g/mol. The smallest absolute Gasteiger partial charge is 0.0587 e. The van der Waals surface area contributed by atoms with Crippen LogP contribution in [0.5, 0.6) is 0 Å². The number of rotatable bonds is 12. The quantitative estimate of drug-likeness (QED) is 0.574. The normalized spacial score (nSPS) is 12.5. The number of methoxy groups -OCH3 is 1. The molecule has 0 saturated heterocycles. The molecule has 0 radical (unpaired) electrons. The maximum absolute atomic E-state index is 5.72. The van der Waals surface area contributed by atoms with Gasteiger partial charge in [0.25, 0.3) is 0 Å². The van der Waals surface area contributed by atoms with Gasteiger partial charge in [0.1, 0.15) is 0 Å². The lowest BCUT2D eigenvalue weighted by Crippen LogP contribution is -2.26. The summed E-state index contributed by atoms with van der Waals surface area (Å²) < 4.78 is 11.9. The second-order valence-electron chi connectivity index (χ2n) is 5.20. The van der Waals surface area contributed by atoms with Gasteiger partial charge in [0.2, 0.25) is 0 Å². The first kappa shape index (κ1) is 18.6. The van der Waals surface area contributed by atoms with Crippen molar-refractivity contribution in [2.24, 2.45) is 0 Å². The third-order valence-corrected chi connectivity index (χ3v) is 4.00. The summed E-state index contributed by atoms with van der Waals surface area (Å²) in [7, 11) is 1.73. The van der Waals surface area contributed by atoms with Crippen molar-refractivity contribution >= 4 is 15.9 Å². The van der Waals surface area contributed by atoms with Crippen molar-refractivity contribution in [2.75, 3.05) is 40.0 Å². The largest absolute Gasteiger partial charge is 0.383 e. The average molecular weight is 358 g/mol. The van der Waals surface area contributed by atoms with E-state index < -0.39 is 0 Å². The molecule has 0 aliphatic rings. The van der Waals surface area contributed by atoms with Crippen molar-refractivity contribution in [3.05, 3.63) is 34.3 Å². The van der Waals surface area contributed by atoms with E-state index in [9.17, 15) is 0 Å². The predicted octanol–water partition coefficient (Wildman–Crippen LogP) is 3.98. The number of halogens is 1. The fourth-order valence-corrected chi connectivity index (χ4v) is 2.41. The van der Waals surface area contributed by atoms with E-state index in [1.165, 1.54) is 12.0 Å². The zero-order valence-corrected chi connectivity index (χ0v) is 14.8. The molecule has 0 spiro atoms. The molecule has 120 valence electrons. The fourth-order valence-electron chi connectivity index (χ4n) is 2.15. The first-order valence-electron chi connectivity index (χ1n) is 7.80. The van der Waals surface area contributed by atoms with Crippen LogP contribution in [-0.4, -0.2) is 40.0 Å². The highest BCUT2D eigenvalue weighted by atomic mass is 79.9. The van der Waals surface area contributed by atoms with Gasteiger partial charge >= 0.3 is 0 Å². The molecular weight excluding hydrogens is 330 g/mol. The van der Waals surface area contributed by atoms with Crippen LogP contribution in [-0.2, 0) is 9.47 Å². The summed E-state index contributed by atoms with van der Waals surface area (Å²) in [6.07, 6.45) is 3.38. The van der Waals surface area contributed by atoms with E-state index in [1.807, 2.05) is 0 Å². The van der Waals surface area contributed by atoms with Crippen LogP contribution in [0.3, 0.4) is 0 Å². The minimum Gasteiger partial charge on any atom is -0.383 e. The van der Waals surface area contributed by atoms with E-state index in [0.29, 0.717) is 5.92 Å². The van der Waals surface area contributed by atoms with Crippen LogP contribution >= 0.6 is 15.9 Å². The molecule has 0 bridgehead atoms. The van der Waals surface area contributed by atoms with Crippen molar-refractivity contribution < 1.29 is 9.47 Å². The van der Waals surface area contributed by atoms with E-state index >= 15 is 0 Å². The molecule has 0 aliphatic carbocycles. The van der Waals surface area contributed by atoms with Crippen LogP contribution in [0, 0.1) is 0 Å². The lowest BCUT2D eigenvalue weighted by atomic mass is 9.96.